The number of carbonyl (C=O) groups excluding carboxylic acids is 2. The average molecular weight is 249 g/mol. The normalized spacial score (nSPS) is 10.1. The monoisotopic (exact) mass is 249 g/mol. The van der Waals surface area contributed by atoms with Gasteiger partial charge in [0, 0.05) is 24.2 Å². The van der Waals surface area contributed by atoms with E-state index in [1.807, 2.05) is 19.9 Å². The van der Waals surface area contributed by atoms with E-state index < -0.39 is 0 Å². The van der Waals surface area contributed by atoms with E-state index in [1.54, 1.807) is 6.07 Å². The summed E-state index contributed by atoms with van der Waals surface area (Å²) in [5.41, 5.74) is 13.8. The van der Waals surface area contributed by atoms with Gasteiger partial charge in [-0.15, -0.1) is 0 Å². The molecule has 5 N–H and O–H groups in total. The molecule has 0 saturated carbocycles. The van der Waals surface area contributed by atoms with Crippen molar-refractivity contribution in [2.24, 2.45) is 5.73 Å². The van der Waals surface area contributed by atoms with Crippen LogP contribution in [0.1, 0.15) is 34.3 Å². The Hall–Kier alpha value is -2.04. The molecule has 1 rings (SSSR count). The topological polar surface area (TPSA) is 98.2 Å². The molecule has 5 heteroatoms. The lowest BCUT2D eigenvalue weighted by atomic mass is 10.0. The Morgan fingerprint density at radius 3 is 2.50 bits per heavy atom. The zero-order valence-corrected chi connectivity index (χ0v) is 10.7. The van der Waals surface area contributed by atoms with Gasteiger partial charge in [-0.3, -0.25) is 9.59 Å². The second kappa shape index (κ2) is 6.05. The summed E-state index contributed by atoms with van der Waals surface area (Å²) in [6.07, 6.45) is 0.816. The molecule has 0 heterocycles. The van der Waals surface area contributed by atoms with E-state index in [-0.39, 0.29) is 18.2 Å². The molecule has 0 spiro atoms. The fraction of sp³-hybridized carbons (Fsp3) is 0.385. The van der Waals surface area contributed by atoms with Gasteiger partial charge in [-0.05, 0) is 37.5 Å². The van der Waals surface area contributed by atoms with E-state index >= 15 is 0 Å². The number of amides is 2. The quantitative estimate of drug-likeness (QED) is 0.533. The van der Waals surface area contributed by atoms with Crippen LogP contribution in [-0.4, -0.2) is 18.4 Å². The van der Waals surface area contributed by atoms with Crippen molar-refractivity contribution in [3.63, 3.8) is 0 Å². The molecule has 0 saturated heterocycles. The zero-order chi connectivity index (χ0) is 13.7. The van der Waals surface area contributed by atoms with E-state index in [0.717, 1.165) is 11.1 Å². The third-order valence-corrected chi connectivity index (χ3v) is 2.74. The number of anilines is 1. The van der Waals surface area contributed by atoms with Gasteiger partial charge < -0.3 is 16.8 Å². The van der Waals surface area contributed by atoms with Gasteiger partial charge in [0.05, 0.1) is 0 Å². The summed E-state index contributed by atoms with van der Waals surface area (Å²) in [7, 11) is 0. The van der Waals surface area contributed by atoms with E-state index in [9.17, 15) is 9.59 Å². The molecular formula is C13H19N3O2. The maximum atomic E-state index is 11.9. The number of aryl methyl sites for hydroxylation is 2. The van der Waals surface area contributed by atoms with Gasteiger partial charge in [0.1, 0.15) is 0 Å². The first-order chi connectivity index (χ1) is 8.41. The van der Waals surface area contributed by atoms with Crippen LogP contribution in [0.2, 0.25) is 0 Å². The Labute approximate surface area is 107 Å². The highest BCUT2D eigenvalue weighted by Gasteiger charge is 2.10. The fourth-order valence-corrected chi connectivity index (χ4v) is 1.67. The van der Waals surface area contributed by atoms with Crippen LogP contribution in [0, 0.1) is 13.8 Å². The maximum absolute atomic E-state index is 11.9. The largest absolute Gasteiger partial charge is 0.398 e. The molecule has 0 fully saturated rings. The van der Waals surface area contributed by atoms with Crippen molar-refractivity contribution in [2.75, 3.05) is 12.3 Å². The van der Waals surface area contributed by atoms with Crippen molar-refractivity contribution in [3.05, 3.63) is 28.8 Å². The number of nitrogen functional groups attached to an aromatic ring is 1. The smallest absolute Gasteiger partial charge is 0.251 e. The molecule has 2 amide bonds. The lowest BCUT2D eigenvalue weighted by Gasteiger charge is -2.10. The molecule has 0 aromatic heterocycles. The highest BCUT2D eigenvalue weighted by Crippen LogP contribution is 2.17. The number of carbonyl (C=O) groups is 2. The van der Waals surface area contributed by atoms with Gasteiger partial charge in [-0.1, -0.05) is 6.07 Å². The molecule has 98 valence electrons. The number of nitrogens with one attached hydrogen (secondary N) is 1. The summed E-state index contributed by atoms with van der Waals surface area (Å²) in [6.45, 7) is 4.19. The highest BCUT2D eigenvalue weighted by molar-refractivity contribution is 5.96. The van der Waals surface area contributed by atoms with Crippen LogP contribution in [0.25, 0.3) is 0 Å². The first-order valence-electron chi connectivity index (χ1n) is 5.85. The van der Waals surface area contributed by atoms with Crippen LogP contribution in [0.3, 0.4) is 0 Å². The lowest BCUT2D eigenvalue weighted by Crippen LogP contribution is -2.26. The molecule has 0 atom stereocenters. The predicted octanol–water partition coefficient (Wildman–Crippen LogP) is 0.881. The molecule has 5 nitrogen and oxygen atoms in total. The molecule has 1 aromatic carbocycles. The average Bonchev–Trinajstić information content (AvgIpc) is 2.28. The summed E-state index contributed by atoms with van der Waals surface area (Å²) >= 11 is 0. The van der Waals surface area contributed by atoms with Crippen LogP contribution in [-0.2, 0) is 4.79 Å². The molecular weight excluding hydrogens is 230 g/mol. The molecule has 0 unspecified atom stereocenters. The van der Waals surface area contributed by atoms with Gasteiger partial charge in [-0.25, -0.2) is 0 Å². The predicted molar refractivity (Wildman–Crippen MR) is 71.1 cm³/mol. The summed E-state index contributed by atoms with van der Waals surface area (Å²) in [5, 5.41) is 2.74. The van der Waals surface area contributed by atoms with E-state index in [0.29, 0.717) is 24.2 Å². The molecule has 0 bridgehead atoms. The minimum absolute atomic E-state index is 0.177. The van der Waals surface area contributed by atoms with Crippen molar-refractivity contribution < 1.29 is 9.59 Å². The van der Waals surface area contributed by atoms with Gasteiger partial charge in [-0.2, -0.15) is 0 Å². The summed E-state index contributed by atoms with van der Waals surface area (Å²) < 4.78 is 0. The number of nitrogens with two attached hydrogens (primary N) is 2. The van der Waals surface area contributed by atoms with Crippen molar-refractivity contribution in [3.8, 4) is 0 Å². The molecule has 0 aliphatic rings. The number of hydrogen-bond donors (Lipinski definition) is 3. The van der Waals surface area contributed by atoms with Gasteiger partial charge >= 0.3 is 0 Å². The van der Waals surface area contributed by atoms with Crippen molar-refractivity contribution in [2.45, 2.75) is 26.7 Å². The minimum atomic E-state index is -0.361. The third kappa shape index (κ3) is 3.76. The van der Waals surface area contributed by atoms with Crippen LogP contribution < -0.4 is 16.8 Å². The molecule has 18 heavy (non-hydrogen) atoms. The summed E-state index contributed by atoms with van der Waals surface area (Å²) in [6, 6.07) is 3.56. The van der Waals surface area contributed by atoms with Gasteiger partial charge in [0.25, 0.3) is 5.91 Å². The van der Waals surface area contributed by atoms with Crippen molar-refractivity contribution in [1.82, 2.24) is 5.32 Å². The maximum Gasteiger partial charge on any atom is 0.251 e. The Balaban J connectivity index is 2.62. The Morgan fingerprint density at radius 2 is 1.89 bits per heavy atom. The second-order valence-electron chi connectivity index (χ2n) is 4.35. The minimum Gasteiger partial charge on any atom is -0.398 e. The van der Waals surface area contributed by atoms with E-state index in [4.69, 9.17) is 11.5 Å². The molecule has 0 aliphatic carbocycles. The number of benzene rings is 1. The van der Waals surface area contributed by atoms with Crippen LogP contribution in [0.15, 0.2) is 12.1 Å². The Kier molecular flexibility index (Phi) is 4.71. The standard InChI is InChI=1S/C13H19N3O2/c1-8-6-9(2)11(14)7-10(8)13(18)16-5-3-4-12(15)17/h6-7H,3-5,14H2,1-2H3,(H2,15,17)(H,16,18). The number of primary amides is 1. The van der Waals surface area contributed by atoms with Crippen LogP contribution in [0.4, 0.5) is 5.69 Å². The van der Waals surface area contributed by atoms with Gasteiger partial charge in [0.2, 0.25) is 5.91 Å². The van der Waals surface area contributed by atoms with Crippen LogP contribution >= 0.6 is 0 Å². The Bertz CT molecular complexity index is 470. The zero-order valence-electron chi connectivity index (χ0n) is 10.7. The fourth-order valence-electron chi connectivity index (χ4n) is 1.67. The first kappa shape index (κ1) is 14.0. The van der Waals surface area contributed by atoms with Crippen molar-refractivity contribution in [1.29, 1.82) is 0 Å². The SMILES string of the molecule is Cc1cc(C)c(C(=O)NCCCC(N)=O)cc1N. The summed E-state index contributed by atoms with van der Waals surface area (Å²) in [5.74, 6) is -0.538. The van der Waals surface area contributed by atoms with Gasteiger partial charge in [0.15, 0.2) is 0 Å². The molecule has 0 aliphatic heterocycles. The highest BCUT2D eigenvalue weighted by atomic mass is 16.2. The Morgan fingerprint density at radius 1 is 1.22 bits per heavy atom. The lowest BCUT2D eigenvalue weighted by molar-refractivity contribution is -0.118. The van der Waals surface area contributed by atoms with Crippen molar-refractivity contribution >= 4 is 17.5 Å². The second-order valence-corrected chi connectivity index (χ2v) is 4.35. The van der Waals surface area contributed by atoms with E-state index in [2.05, 4.69) is 5.32 Å². The molecule has 1 aromatic rings. The first-order valence-corrected chi connectivity index (χ1v) is 5.85. The molecule has 0 radical (unpaired) electrons. The van der Waals surface area contributed by atoms with E-state index in [1.165, 1.54) is 0 Å². The number of hydrogen-bond acceptors (Lipinski definition) is 3. The summed E-state index contributed by atoms with van der Waals surface area (Å²) in [4.78, 5) is 22.4. The van der Waals surface area contributed by atoms with Crippen LogP contribution in [0.5, 0.6) is 0 Å². The number of rotatable bonds is 5. The third-order valence-electron chi connectivity index (χ3n) is 2.74.